The second-order valence-corrected chi connectivity index (χ2v) is 3.95. The molecule has 0 saturated heterocycles. The lowest BCUT2D eigenvalue weighted by Crippen LogP contribution is -2.05. The number of nitrogens with zero attached hydrogens (tertiary/aromatic N) is 2. The Balaban J connectivity index is 2.46. The summed E-state index contributed by atoms with van der Waals surface area (Å²) in [4.78, 5) is 20.2. The van der Waals surface area contributed by atoms with E-state index in [0.29, 0.717) is 5.13 Å². The number of thiazole rings is 1. The van der Waals surface area contributed by atoms with Crippen LogP contribution in [0.3, 0.4) is 0 Å². The molecule has 2 heterocycles. The fourth-order valence-electron chi connectivity index (χ4n) is 1.11. The van der Waals surface area contributed by atoms with Crippen LogP contribution in [0.15, 0.2) is 12.1 Å². The molecule has 6 heteroatoms. The summed E-state index contributed by atoms with van der Waals surface area (Å²) in [7, 11) is 1.93. The van der Waals surface area contributed by atoms with Crippen LogP contribution in [0.2, 0.25) is 0 Å². The van der Waals surface area contributed by atoms with Crippen LogP contribution in [0.4, 0.5) is 5.13 Å². The molecule has 0 aliphatic carbocycles. The molecule has 0 aromatic carbocycles. The highest BCUT2D eigenvalue weighted by Crippen LogP contribution is 2.22. The molecule has 1 N–H and O–H groups in total. The van der Waals surface area contributed by atoms with Gasteiger partial charge in [-0.3, -0.25) is 9.78 Å². The summed E-state index contributed by atoms with van der Waals surface area (Å²) in [6.07, 6.45) is 0. The van der Waals surface area contributed by atoms with E-state index in [-0.39, 0.29) is 5.91 Å². The van der Waals surface area contributed by atoms with Crippen LogP contribution in [-0.4, -0.2) is 23.7 Å². The minimum atomic E-state index is -0.110. The third-order valence-corrected chi connectivity index (χ3v) is 2.56. The predicted octanol–water partition coefficient (Wildman–Crippen LogP) is -0.0919. The van der Waals surface area contributed by atoms with Gasteiger partial charge in [-0.2, -0.15) is 0 Å². The van der Waals surface area contributed by atoms with E-state index in [1.807, 2.05) is 20.0 Å². The summed E-state index contributed by atoms with van der Waals surface area (Å²) in [6.45, 7) is 1.46. The van der Waals surface area contributed by atoms with E-state index in [1.54, 1.807) is 0 Å². The second-order valence-electron chi connectivity index (χ2n) is 2.98. The number of anilines is 1. The lowest BCUT2D eigenvalue weighted by atomic mass is 10.0. The van der Waals surface area contributed by atoms with E-state index < -0.39 is 0 Å². The highest BCUT2D eigenvalue weighted by atomic mass is 32.1. The number of carbonyl (C=O) groups is 1. The molecule has 0 atom stereocenters. The number of fused-ring (bicyclic) bond motifs is 1. The van der Waals surface area contributed by atoms with Gasteiger partial charge >= 0.3 is 0 Å². The number of aromatic nitrogens is 2. The molecule has 0 aliphatic heterocycles. The third kappa shape index (κ3) is 1.74. The molecule has 0 aliphatic rings. The summed E-state index contributed by atoms with van der Waals surface area (Å²) in [5.41, 5.74) is 1.78. The molecular formula is C8H8BN3OS. The number of rotatable bonds is 1. The number of amides is 1. The zero-order valence-electron chi connectivity index (χ0n) is 7.87. The molecule has 14 heavy (non-hydrogen) atoms. The smallest absolute Gasteiger partial charge is 0.223 e. The van der Waals surface area contributed by atoms with Gasteiger partial charge in [-0.25, -0.2) is 4.98 Å². The number of pyridine rings is 1. The van der Waals surface area contributed by atoms with Crippen LogP contribution in [0.25, 0.3) is 10.3 Å². The van der Waals surface area contributed by atoms with Crippen LogP contribution in [0.1, 0.15) is 6.92 Å². The van der Waals surface area contributed by atoms with Crippen molar-refractivity contribution in [2.75, 3.05) is 5.32 Å². The van der Waals surface area contributed by atoms with Gasteiger partial charge in [-0.1, -0.05) is 11.3 Å². The molecule has 2 rings (SSSR count). The van der Waals surface area contributed by atoms with Crippen molar-refractivity contribution in [1.82, 2.24) is 9.97 Å². The Morgan fingerprint density at radius 3 is 3.00 bits per heavy atom. The second kappa shape index (κ2) is 3.38. The summed E-state index contributed by atoms with van der Waals surface area (Å²) in [5, 5.41) is 3.24. The maximum atomic E-state index is 10.8. The Labute approximate surface area is 85.8 Å². The van der Waals surface area contributed by atoms with Gasteiger partial charge in [0, 0.05) is 6.92 Å². The van der Waals surface area contributed by atoms with E-state index in [4.69, 9.17) is 0 Å². The molecule has 0 radical (unpaired) electrons. The minimum absolute atomic E-state index is 0.110. The van der Waals surface area contributed by atoms with Gasteiger partial charge in [0.2, 0.25) is 5.91 Å². The van der Waals surface area contributed by atoms with E-state index >= 15 is 0 Å². The zero-order valence-corrected chi connectivity index (χ0v) is 8.68. The lowest BCUT2D eigenvalue weighted by molar-refractivity contribution is -0.114. The van der Waals surface area contributed by atoms with Gasteiger partial charge < -0.3 is 5.32 Å². The van der Waals surface area contributed by atoms with Crippen LogP contribution >= 0.6 is 11.3 Å². The maximum absolute atomic E-state index is 10.8. The first-order valence-corrected chi connectivity index (χ1v) is 4.98. The molecule has 0 spiro atoms. The molecule has 1 amide bonds. The topological polar surface area (TPSA) is 54.9 Å². The van der Waals surface area contributed by atoms with Crippen LogP contribution < -0.4 is 10.9 Å². The molecular weight excluding hydrogens is 197 g/mol. The van der Waals surface area contributed by atoms with Crippen molar-refractivity contribution < 1.29 is 4.79 Å². The first-order chi connectivity index (χ1) is 6.65. The quantitative estimate of drug-likeness (QED) is 0.662. The van der Waals surface area contributed by atoms with Gasteiger partial charge in [-0.15, -0.1) is 0 Å². The monoisotopic (exact) mass is 205 g/mol. The van der Waals surface area contributed by atoms with Crippen molar-refractivity contribution in [1.29, 1.82) is 0 Å². The molecule has 2 aromatic rings. The van der Waals surface area contributed by atoms with Crippen molar-refractivity contribution in [3.05, 3.63) is 12.1 Å². The molecule has 0 saturated carbocycles. The van der Waals surface area contributed by atoms with Gasteiger partial charge in [0.05, 0.1) is 0 Å². The highest BCUT2D eigenvalue weighted by Gasteiger charge is 2.05. The Morgan fingerprint density at radius 2 is 2.29 bits per heavy atom. The number of hydrogen-bond donors (Lipinski definition) is 1. The maximum Gasteiger partial charge on any atom is 0.223 e. The van der Waals surface area contributed by atoms with Gasteiger partial charge in [0.25, 0.3) is 0 Å². The van der Waals surface area contributed by atoms with E-state index in [9.17, 15) is 4.79 Å². The highest BCUT2D eigenvalue weighted by molar-refractivity contribution is 7.22. The number of hydrogen-bond acceptors (Lipinski definition) is 4. The van der Waals surface area contributed by atoms with Gasteiger partial charge in [-0.05, 0) is 17.7 Å². The molecule has 0 bridgehead atoms. The Hall–Kier alpha value is -1.43. The van der Waals surface area contributed by atoms with E-state index in [0.717, 1.165) is 15.9 Å². The average molecular weight is 205 g/mol. The number of nitrogens with one attached hydrogen (secondary N) is 1. The first-order valence-electron chi connectivity index (χ1n) is 4.17. The zero-order chi connectivity index (χ0) is 10.1. The van der Waals surface area contributed by atoms with Gasteiger partial charge in [0.1, 0.15) is 10.3 Å². The SMILES string of the molecule is Bc1ccc2nc(NC(C)=O)sc2n1. The van der Waals surface area contributed by atoms with Crippen molar-refractivity contribution in [3.63, 3.8) is 0 Å². The largest absolute Gasteiger partial charge is 0.302 e. The Kier molecular flexibility index (Phi) is 2.21. The minimum Gasteiger partial charge on any atom is -0.302 e. The van der Waals surface area contributed by atoms with E-state index in [1.165, 1.54) is 18.3 Å². The lowest BCUT2D eigenvalue weighted by Gasteiger charge is -1.91. The Bertz CT molecular complexity index is 496. The fraction of sp³-hybridized carbons (Fsp3) is 0.125. The molecule has 70 valence electrons. The summed E-state index contributed by atoms with van der Waals surface area (Å²) >= 11 is 1.39. The van der Waals surface area contributed by atoms with Crippen LogP contribution in [0, 0.1) is 0 Å². The van der Waals surface area contributed by atoms with Crippen molar-refractivity contribution >= 4 is 46.2 Å². The summed E-state index contributed by atoms with van der Waals surface area (Å²) < 4.78 is 0. The molecule has 2 aromatic heterocycles. The van der Waals surface area contributed by atoms with Crippen LogP contribution in [0.5, 0.6) is 0 Å². The van der Waals surface area contributed by atoms with E-state index in [2.05, 4.69) is 15.3 Å². The summed E-state index contributed by atoms with van der Waals surface area (Å²) in [6, 6.07) is 3.80. The van der Waals surface area contributed by atoms with Crippen molar-refractivity contribution in [2.45, 2.75) is 6.92 Å². The Morgan fingerprint density at radius 1 is 1.50 bits per heavy atom. The third-order valence-electron chi connectivity index (χ3n) is 1.68. The van der Waals surface area contributed by atoms with Crippen molar-refractivity contribution in [2.24, 2.45) is 0 Å². The normalized spacial score (nSPS) is 10.4. The molecule has 0 fully saturated rings. The first kappa shape index (κ1) is 9.14. The molecule has 4 nitrogen and oxygen atoms in total. The number of carbonyl (C=O) groups excluding carboxylic acids is 1. The summed E-state index contributed by atoms with van der Waals surface area (Å²) in [5.74, 6) is -0.110. The average Bonchev–Trinajstić information content (AvgIpc) is 2.44. The predicted molar refractivity (Wildman–Crippen MR) is 59.9 cm³/mol. The van der Waals surface area contributed by atoms with Gasteiger partial charge in [0.15, 0.2) is 13.0 Å². The van der Waals surface area contributed by atoms with Crippen LogP contribution in [-0.2, 0) is 4.79 Å². The van der Waals surface area contributed by atoms with Crippen molar-refractivity contribution in [3.8, 4) is 0 Å². The standard InChI is InChI=1S/C8H8BN3OS/c1-4(13)10-8-11-5-2-3-6(9)12-7(5)14-8/h2-3H,9H2,1H3,(H,10,11,13). The fourth-order valence-corrected chi connectivity index (χ4v) is 2.04. The molecule has 0 unspecified atom stereocenters.